The van der Waals surface area contributed by atoms with Crippen LogP contribution >= 0.6 is 0 Å². The molecule has 0 saturated carbocycles. The molecule has 1 unspecified atom stereocenters. The number of allylic oxidation sites excluding steroid dienone is 3. The van der Waals surface area contributed by atoms with Gasteiger partial charge in [0.1, 0.15) is 12.0 Å². The van der Waals surface area contributed by atoms with E-state index in [1.165, 1.54) is 6.08 Å². The quantitative estimate of drug-likeness (QED) is 0.647. The minimum Gasteiger partial charge on any atom is -0.506 e. The van der Waals surface area contributed by atoms with Crippen molar-refractivity contribution in [3.8, 4) is 0 Å². The van der Waals surface area contributed by atoms with E-state index in [-0.39, 0.29) is 18.3 Å². The van der Waals surface area contributed by atoms with Gasteiger partial charge in [0, 0.05) is 12.8 Å². The topological polar surface area (TPSA) is 69.9 Å². The van der Waals surface area contributed by atoms with Gasteiger partial charge in [0.25, 0.3) is 0 Å². The van der Waals surface area contributed by atoms with Crippen molar-refractivity contribution < 1.29 is 15.0 Å². The Hall–Kier alpha value is -1.42. The first kappa shape index (κ1) is 13.6. The Bertz CT molecular complexity index is 303. The molecule has 2 N–H and O–H groups in total. The van der Waals surface area contributed by atoms with Crippen molar-refractivity contribution in [3.05, 3.63) is 23.6 Å². The summed E-state index contributed by atoms with van der Waals surface area (Å²) in [6.45, 7) is 5.44. The first-order valence-corrected chi connectivity index (χ1v) is 4.75. The van der Waals surface area contributed by atoms with Gasteiger partial charge in [0.2, 0.25) is 0 Å². The molecular weight excluding hydrogens is 194 g/mol. The Morgan fingerprint density at radius 1 is 1.53 bits per heavy atom. The number of hydrogen-bond donors (Lipinski definition) is 2. The minimum absolute atomic E-state index is 0.0835. The van der Waals surface area contributed by atoms with Crippen LogP contribution in [-0.2, 0) is 4.79 Å². The molecule has 0 aromatic heterocycles. The van der Waals surface area contributed by atoms with Crippen LogP contribution in [0.1, 0.15) is 20.8 Å². The molecule has 0 spiro atoms. The monoisotopic (exact) mass is 211 g/mol. The van der Waals surface area contributed by atoms with E-state index in [4.69, 9.17) is 5.11 Å². The van der Waals surface area contributed by atoms with Gasteiger partial charge in [-0.1, -0.05) is 0 Å². The van der Waals surface area contributed by atoms with Crippen molar-refractivity contribution in [2.24, 2.45) is 10.9 Å². The highest BCUT2D eigenvalue weighted by atomic mass is 16.3. The highest BCUT2D eigenvalue weighted by molar-refractivity contribution is 5.97. The molecule has 4 heteroatoms. The van der Waals surface area contributed by atoms with E-state index in [1.807, 2.05) is 6.92 Å². The summed E-state index contributed by atoms with van der Waals surface area (Å²) >= 11 is 0. The molecule has 1 atom stereocenters. The molecule has 0 amide bonds. The van der Waals surface area contributed by atoms with E-state index in [0.29, 0.717) is 5.71 Å². The van der Waals surface area contributed by atoms with Crippen LogP contribution in [0, 0.1) is 5.92 Å². The lowest BCUT2D eigenvalue weighted by Crippen LogP contribution is -2.01. The lowest BCUT2D eigenvalue weighted by molar-refractivity contribution is -0.109. The van der Waals surface area contributed by atoms with Crippen LogP contribution in [0.5, 0.6) is 0 Å². The maximum Gasteiger partial charge on any atom is 0.133 e. The number of aldehydes is 1. The maximum atomic E-state index is 10.5. The Morgan fingerprint density at radius 2 is 2.07 bits per heavy atom. The normalized spacial score (nSPS) is 20.0. The molecule has 15 heavy (non-hydrogen) atoms. The summed E-state index contributed by atoms with van der Waals surface area (Å²) < 4.78 is 0. The summed E-state index contributed by atoms with van der Waals surface area (Å²) in [6.07, 6.45) is 3.90. The second-order valence-corrected chi connectivity index (χ2v) is 3.12. The Balaban J connectivity index is 0.000000583. The third-order valence-electron chi connectivity index (χ3n) is 1.84. The van der Waals surface area contributed by atoms with E-state index in [0.717, 1.165) is 11.9 Å². The van der Waals surface area contributed by atoms with Crippen LogP contribution in [-0.4, -0.2) is 28.8 Å². The fraction of sp³-hybridized carbons (Fsp3) is 0.455. The summed E-state index contributed by atoms with van der Waals surface area (Å²) in [5.74, 6) is -0.258. The molecule has 1 heterocycles. The summed E-state index contributed by atoms with van der Waals surface area (Å²) in [7, 11) is 0. The minimum atomic E-state index is -0.341. The molecule has 0 aromatic rings. The lowest BCUT2D eigenvalue weighted by Gasteiger charge is -2.01. The van der Waals surface area contributed by atoms with Crippen LogP contribution in [0.4, 0.5) is 0 Å². The molecule has 1 aliphatic heterocycles. The van der Waals surface area contributed by atoms with Gasteiger partial charge in [-0.05, 0) is 32.4 Å². The van der Waals surface area contributed by atoms with Gasteiger partial charge >= 0.3 is 0 Å². The SMILES string of the molecule is CC1=CN=C(C)C(O)=CC1C=O.CCO. The maximum absolute atomic E-state index is 10.5. The molecule has 1 aliphatic rings. The molecule has 0 radical (unpaired) electrons. The third kappa shape index (κ3) is 4.56. The first-order valence-electron chi connectivity index (χ1n) is 4.75. The fourth-order valence-electron chi connectivity index (χ4n) is 0.920. The van der Waals surface area contributed by atoms with Crippen molar-refractivity contribution >= 4 is 12.0 Å². The van der Waals surface area contributed by atoms with Crippen LogP contribution < -0.4 is 0 Å². The number of hydrogen-bond acceptors (Lipinski definition) is 4. The largest absolute Gasteiger partial charge is 0.506 e. The molecular formula is C11H17NO3. The van der Waals surface area contributed by atoms with Gasteiger partial charge in [0.15, 0.2) is 0 Å². The third-order valence-corrected chi connectivity index (χ3v) is 1.84. The number of rotatable bonds is 1. The Kier molecular flexibility index (Phi) is 6.29. The predicted molar refractivity (Wildman–Crippen MR) is 59.9 cm³/mol. The zero-order valence-electron chi connectivity index (χ0n) is 9.27. The van der Waals surface area contributed by atoms with Crippen LogP contribution in [0.15, 0.2) is 28.6 Å². The highest BCUT2D eigenvalue weighted by Crippen LogP contribution is 2.15. The Morgan fingerprint density at radius 3 is 2.53 bits per heavy atom. The van der Waals surface area contributed by atoms with Crippen molar-refractivity contribution in [3.63, 3.8) is 0 Å². The predicted octanol–water partition coefficient (Wildman–Crippen LogP) is 1.62. The zero-order chi connectivity index (χ0) is 11.8. The standard InChI is InChI=1S/C9H11NO2.C2H6O/c1-6-4-10-7(2)9(12)3-8(6)5-11;1-2-3/h3-5,8,12H,1-2H3;3H,2H2,1H3. The van der Waals surface area contributed by atoms with Crippen LogP contribution in [0.3, 0.4) is 0 Å². The van der Waals surface area contributed by atoms with Gasteiger partial charge in [-0.25, -0.2) is 0 Å². The van der Waals surface area contributed by atoms with E-state index in [2.05, 4.69) is 4.99 Å². The van der Waals surface area contributed by atoms with E-state index in [9.17, 15) is 9.90 Å². The second kappa shape index (κ2) is 6.95. The smallest absolute Gasteiger partial charge is 0.133 e. The van der Waals surface area contributed by atoms with Gasteiger partial charge in [-0.15, -0.1) is 0 Å². The summed E-state index contributed by atoms with van der Waals surface area (Å²) in [5.41, 5.74) is 1.38. The number of carbonyl (C=O) groups excluding carboxylic acids is 1. The van der Waals surface area contributed by atoms with Crippen molar-refractivity contribution in [1.82, 2.24) is 0 Å². The molecule has 84 valence electrons. The van der Waals surface area contributed by atoms with Gasteiger partial charge in [-0.2, -0.15) is 0 Å². The van der Waals surface area contributed by atoms with Gasteiger partial charge in [-0.3, -0.25) is 4.99 Å². The van der Waals surface area contributed by atoms with E-state index >= 15 is 0 Å². The molecule has 0 fully saturated rings. The molecule has 0 aromatic carbocycles. The molecule has 1 rings (SSSR count). The average molecular weight is 211 g/mol. The second-order valence-electron chi connectivity index (χ2n) is 3.12. The molecule has 0 aliphatic carbocycles. The van der Waals surface area contributed by atoms with E-state index < -0.39 is 0 Å². The lowest BCUT2D eigenvalue weighted by atomic mass is 10.0. The first-order chi connectivity index (χ1) is 7.06. The molecule has 4 nitrogen and oxygen atoms in total. The van der Waals surface area contributed by atoms with Gasteiger partial charge in [0.05, 0.1) is 11.6 Å². The van der Waals surface area contributed by atoms with Crippen molar-refractivity contribution in [2.75, 3.05) is 6.61 Å². The summed E-state index contributed by atoms with van der Waals surface area (Å²) in [6, 6.07) is 0. The van der Waals surface area contributed by atoms with Gasteiger partial charge < -0.3 is 15.0 Å². The van der Waals surface area contributed by atoms with Crippen LogP contribution in [0.25, 0.3) is 0 Å². The molecule has 0 saturated heterocycles. The average Bonchev–Trinajstić information content (AvgIpc) is 2.32. The van der Waals surface area contributed by atoms with E-state index in [1.54, 1.807) is 20.0 Å². The fourth-order valence-corrected chi connectivity index (χ4v) is 0.920. The van der Waals surface area contributed by atoms with Crippen molar-refractivity contribution in [2.45, 2.75) is 20.8 Å². The number of nitrogens with zero attached hydrogens (tertiary/aromatic N) is 1. The highest BCUT2D eigenvalue weighted by Gasteiger charge is 2.11. The number of carbonyl (C=O) groups is 1. The number of aliphatic imine (C=N–C) groups is 1. The summed E-state index contributed by atoms with van der Waals surface area (Å²) in [4.78, 5) is 14.5. The number of aliphatic hydroxyl groups is 2. The summed E-state index contributed by atoms with van der Waals surface area (Å²) in [5, 5.41) is 16.9. The number of aliphatic hydroxyl groups excluding tert-OH is 2. The molecule has 0 bridgehead atoms. The Labute approximate surface area is 89.7 Å². The van der Waals surface area contributed by atoms with Crippen molar-refractivity contribution in [1.29, 1.82) is 0 Å². The zero-order valence-corrected chi connectivity index (χ0v) is 9.27. The van der Waals surface area contributed by atoms with Crippen LogP contribution in [0.2, 0.25) is 0 Å².